The molecule has 0 aliphatic carbocycles. The van der Waals surface area contributed by atoms with E-state index in [9.17, 15) is 9.59 Å². The molecule has 0 bridgehead atoms. The summed E-state index contributed by atoms with van der Waals surface area (Å²) in [6, 6.07) is 3.05. The number of aryl methyl sites for hydroxylation is 1. The van der Waals surface area contributed by atoms with E-state index < -0.39 is 27.2 Å². The molecule has 0 aliphatic heterocycles. The van der Waals surface area contributed by atoms with Gasteiger partial charge in [-0.3, -0.25) is 0 Å². The van der Waals surface area contributed by atoms with Gasteiger partial charge < -0.3 is 25.8 Å². The predicted molar refractivity (Wildman–Crippen MR) is 85.5 cm³/mol. The first-order valence-corrected chi connectivity index (χ1v) is 6.83. The third kappa shape index (κ3) is 15.3. The summed E-state index contributed by atoms with van der Waals surface area (Å²) in [7, 11) is 0. The van der Waals surface area contributed by atoms with Crippen LogP contribution in [0.15, 0.2) is 12.1 Å². The first kappa shape index (κ1) is 28.6. The normalized spacial score (nSPS) is 8.36. The quantitative estimate of drug-likeness (QED) is 0.344. The number of benzene rings is 1. The highest BCUT2D eigenvalue weighted by molar-refractivity contribution is 6.03. The Hall–Kier alpha value is -4.24. The average molecular weight is 411 g/mol. The minimum atomic E-state index is -1.50. The van der Waals surface area contributed by atoms with Gasteiger partial charge in [0.1, 0.15) is 0 Å². The van der Waals surface area contributed by atoms with Crippen molar-refractivity contribution in [2.24, 2.45) is 0 Å². The van der Waals surface area contributed by atoms with Gasteiger partial charge in [-0.1, -0.05) is 19.9 Å². The molecule has 5 N–H and O–H groups in total. The lowest BCUT2D eigenvalue weighted by Gasteiger charge is -2.12. The summed E-state index contributed by atoms with van der Waals surface area (Å²) in [5.74, 6) is -2.38. The molecule has 0 aromatic heterocycles. The van der Waals surface area contributed by atoms with Crippen LogP contribution in [0.1, 0.15) is 45.7 Å². The fourth-order valence-corrected chi connectivity index (χ4v) is 1.85. The molecule has 1 rings (SSSR count). The molecule has 1 aromatic carbocycles. The maximum Gasteiger partial charge on any atom is 0.336 e. The van der Waals surface area contributed by atoms with Crippen LogP contribution in [0.2, 0.25) is 0 Å². The fourth-order valence-electron chi connectivity index (χ4n) is 1.85. The molecule has 0 saturated carbocycles. The third-order valence-corrected chi connectivity index (χ3v) is 2.59. The second-order valence-corrected chi connectivity index (χ2v) is 4.16. The van der Waals surface area contributed by atoms with E-state index in [0.717, 1.165) is 5.56 Å². The van der Waals surface area contributed by atoms with Crippen molar-refractivity contribution in [1.82, 2.24) is 0 Å². The summed E-state index contributed by atoms with van der Waals surface area (Å²) in [4.78, 5) is 47.1. The molecule has 0 atom stereocenters. The number of carbonyl (C=O) groups is 2. The number of rotatable bonds is 4. The monoisotopic (exact) mass is 411 g/mol. The van der Waals surface area contributed by atoms with Gasteiger partial charge in [-0.15, -0.1) is 30.3 Å². The molecule has 1 aromatic rings. The van der Waals surface area contributed by atoms with E-state index in [0.29, 0.717) is 18.4 Å². The van der Waals surface area contributed by atoms with Crippen molar-refractivity contribution < 1.29 is 50.7 Å². The van der Waals surface area contributed by atoms with Crippen LogP contribution in [-0.4, -0.2) is 53.0 Å². The summed E-state index contributed by atoms with van der Waals surface area (Å²) in [5, 5.41) is 58.9. The summed E-state index contributed by atoms with van der Waals surface area (Å²) < 4.78 is 0. The summed E-state index contributed by atoms with van der Waals surface area (Å²) in [5.41, 5.74) is 1.30. The number of hydrogen-bond acceptors (Lipinski definition) is 8. The van der Waals surface area contributed by atoms with Crippen molar-refractivity contribution in [3.63, 3.8) is 0 Å². The van der Waals surface area contributed by atoms with Gasteiger partial charge in [-0.25, -0.2) is 9.59 Å². The van der Waals surface area contributed by atoms with E-state index in [1.54, 1.807) is 6.07 Å². The lowest BCUT2D eigenvalue weighted by molar-refractivity contribution is -0.742. The largest absolute Gasteiger partial charge is 0.478 e. The maximum absolute atomic E-state index is 11.1. The molecule has 0 radical (unpaired) electrons. The van der Waals surface area contributed by atoms with E-state index in [4.69, 9.17) is 56.2 Å². The van der Waals surface area contributed by atoms with Crippen molar-refractivity contribution in [3.05, 3.63) is 64.7 Å². The van der Waals surface area contributed by atoms with E-state index in [2.05, 4.69) is 0 Å². The van der Waals surface area contributed by atoms with Crippen LogP contribution in [-0.2, 0) is 12.8 Å². The van der Waals surface area contributed by atoms with Gasteiger partial charge in [0.15, 0.2) is 0 Å². The van der Waals surface area contributed by atoms with Crippen molar-refractivity contribution in [2.75, 3.05) is 0 Å². The molecule has 0 unspecified atom stereocenters. The Bertz CT molecular complexity index is 664. The Morgan fingerprint density at radius 1 is 0.821 bits per heavy atom. The lowest BCUT2D eigenvalue weighted by Crippen LogP contribution is -2.13. The lowest BCUT2D eigenvalue weighted by atomic mass is 9.93. The number of aromatic carboxylic acids is 2. The van der Waals surface area contributed by atoms with Crippen molar-refractivity contribution in [3.8, 4) is 0 Å². The van der Waals surface area contributed by atoms with E-state index >= 15 is 0 Å². The molecule has 0 amide bonds. The summed E-state index contributed by atoms with van der Waals surface area (Å²) in [6.45, 7) is 3.74. The van der Waals surface area contributed by atoms with Crippen molar-refractivity contribution in [1.29, 1.82) is 0 Å². The van der Waals surface area contributed by atoms with Crippen LogP contribution >= 0.6 is 0 Å². The summed E-state index contributed by atoms with van der Waals surface area (Å²) in [6.07, 6.45) is 1.22. The SMILES string of the molecule is CCc1ccc(C(=O)O)c(C(=O)O)c1CC.O=[N+]([O-])O.O=[N+]([O-])O.O=[N+]([O-])O. The molecule has 0 fully saturated rings. The summed E-state index contributed by atoms with van der Waals surface area (Å²) >= 11 is 0. The average Bonchev–Trinajstić information content (AvgIpc) is 2.51. The second kappa shape index (κ2) is 15.0. The van der Waals surface area contributed by atoms with Crippen molar-refractivity contribution >= 4 is 11.9 Å². The smallest absolute Gasteiger partial charge is 0.336 e. The third-order valence-electron chi connectivity index (χ3n) is 2.59. The minimum Gasteiger partial charge on any atom is -0.478 e. The fraction of sp³-hybridized carbons (Fsp3) is 0.333. The van der Waals surface area contributed by atoms with E-state index in [-0.39, 0.29) is 11.1 Å². The van der Waals surface area contributed by atoms with Crippen LogP contribution < -0.4 is 0 Å². The second-order valence-electron chi connectivity index (χ2n) is 4.16. The van der Waals surface area contributed by atoms with Gasteiger partial charge in [0.2, 0.25) is 0 Å². The molecule has 158 valence electrons. The Balaban J connectivity index is -0.000000427. The zero-order valence-electron chi connectivity index (χ0n) is 14.4. The first-order valence-electron chi connectivity index (χ1n) is 6.83. The highest BCUT2D eigenvalue weighted by Gasteiger charge is 2.21. The first-order chi connectivity index (χ1) is 12.7. The van der Waals surface area contributed by atoms with Gasteiger partial charge in [-0.2, -0.15) is 0 Å². The molecule has 16 heteroatoms. The number of carboxylic acid groups (broad SMARTS) is 2. The van der Waals surface area contributed by atoms with Crippen LogP contribution in [0.4, 0.5) is 0 Å². The molecular weight excluding hydrogens is 394 g/mol. The Kier molecular flexibility index (Phi) is 15.3. The number of nitrogens with zero attached hydrogens (tertiary/aromatic N) is 3. The number of hydrogen-bond donors (Lipinski definition) is 5. The highest BCUT2D eigenvalue weighted by Crippen LogP contribution is 2.21. The van der Waals surface area contributed by atoms with Gasteiger partial charge in [0.05, 0.1) is 11.1 Å². The van der Waals surface area contributed by atoms with E-state index in [1.165, 1.54) is 6.07 Å². The van der Waals surface area contributed by atoms with Crippen molar-refractivity contribution in [2.45, 2.75) is 26.7 Å². The molecular formula is C12H17N3O13. The highest BCUT2D eigenvalue weighted by atomic mass is 16.9. The molecule has 28 heavy (non-hydrogen) atoms. The van der Waals surface area contributed by atoms with Crippen LogP contribution in [0.25, 0.3) is 0 Å². The van der Waals surface area contributed by atoms with Crippen LogP contribution in [0.5, 0.6) is 0 Å². The number of carboxylic acids is 2. The Morgan fingerprint density at radius 3 is 1.39 bits per heavy atom. The topological polar surface area (TPSA) is 265 Å². The van der Waals surface area contributed by atoms with E-state index in [1.807, 2.05) is 13.8 Å². The molecule has 0 saturated heterocycles. The van der Waals surface area contributed by atoms with Gasteiger partial charge in [0, 0.05) is 0 Å². The predicted octanol–water partition coefficient (Wildman–Crippen LogP) is 1.16. The molecule has 0 aliphatic rings. The zero-order chi connectivity index (χ0) is 23.0. The Morgan fingerprint density at radius 2 is 1.18 bits per heavy atom. The Labute approximate surface area is 155 Å². The molecule has 0 spiro atoms. The van der Waals surface area contributed by atoms with Gasteiger partial charge in [0.25, 0.3) is 15.3 Å². The molecule has 16 nitrogen and oxygen atoms in total. The van der Waals surface area contributed by atoms with Gasteiger partial charge in [-0.05, 0) is 30.0 Å². The standard InChI is InChI=1S/C12H14O4.3HNO3/c1-3-7-5-6-9(11(13)14)10(12(15)16)8(7)4-2;3*2-1(3)4/h5-6H,3-4H2,1-2H3,(H,13,14)(H,15,16);3*(H,2,3,4). The van der Waals surface area contributed by atoms with Crippen LogP contribution in [0.3, 0.4) is 0 Å². The zero-order valence-corrected chi connectivity index (χ0v) is 14.4. The van der Waals surface area contributed by atoms with Crippen LogP contribution in [0, 0.1) is 30.3 Å². The molecule has 0 heterocycles. The van der Waals surface area contributed by atoms with Gasteiger partial charge >= 0.3 is 11.9 Å². The maximum atomic E-state index is 11.1. The minimum absolute atomic E-state index is 0.0747.